The molecular formula is C21H21ClN4O2. The van der Waals surface area contributed by atoms with Gasteiger partial charge in [0.1, 0.15) is 17.0 Å². The Kier molecular flexibility index (Phi) is 5.41. The van der Waals surface area contributed by atoms with E-state index in [4.69, 9.17) is 16.1 Å². The average molecular weight is 397 g/mol. The van der Waals surface area contributed by atoms with Crippen LogP contribution >= 0.6 is 11.6 Å². The number of halogens is 1. The predicted molar refractivity (Wildman–Crippen MR) is 107 cm³/mol. The number of carbonyl (C=O) groups is 1. The normalized spacial score (nSPS) is 15.0. The van der Waals surface area contributed by atoms with Crippen molar-refractivity contribution in [3.05, 3.63) is 70.7 Å². The van der Waals surface area contributed by atoms with E-state index in [0.29, 0.717) is 40.7 Å². The van der Waals surface area contributed by atoms with Crippen molar-refractivity contribution in [3.63, 3.8) is 0 Å². The van der Waals surface area contributed by atoms with Crippen LogP contribution in [0.25, 0.3) is 11.3 Å². The quantitative estimate of drug-likeness (QED) is 0.673. The van der Waals surface area contributed by atoms with E-state index in [2.05, 4.69) is 15.0 Å². The summed E-state index contributed by atoms with van der Waals surface area (Å²) in [6.45, 7) is 5.59. The summed E-state index contributed by atoms with van der Waals surface area (Å²) in [5.41, 5.74) is 2.94. The van der Waals surface area contributed by atoms with Crippen LogP contribution in [0.3, 0.4) is 0 Å². The van der Waals surface area contributed by atoms with E-state index in [1.54, 1.807) is 25.4 Å². The summed E-state index contributed by atoms with van der Waals surface area (Å²) in [6.07, 6.45) is 3.61. The molecule has 0 unspecified atom stereocenters. The second kappa shape index (κ2) is 8.12. The number of pyridine rings is 1. The van der Waals surface area contributed by atoms with Crippen LogP contribution in [0.1, 0.15) is 21.7 Å². The number of hydrogen-bond donors (Lipinski definition) is 0. The molecule has 0 N–H and O–H groups in total. The zero-order valence-corrected chi connectivity index (χ0v) is 16.4. The number of hydrogen-bond acceptors (Lipinski definition) is 5. The number of amides is 1. The van der Waals surface area contributed by atoms with Gasteiger partial charge in [0, 0.05) is 50.7 Å². The molecule has 6 nitrogen and oxygen atoms in total. The van der Waals surface area contributed by atoms with Gasteiger partial charge < -0.3 is 9.42 Å². The van der Waals surface area contributed by atoms with Crippen molar-refractivity contribution in [3.8, 4) is 11.3 Å². The molecule has 3 aromatic rings. The molecule has 28 heavy (non-hydrogen) atoms. The van der Waals surface area contributed by atoms with Gasteiger partial charge in [-0.25, -0.2) is 0 Å². The van der Waals surface area contributed by atoms with Crippen molar-refractivity contribution < 1.29 is 9.32 Å². The highest BCUT2D eigenvalue weighted by atomic mass is 35.5. The SMILES string of the molecule is Cc1onc(-c2ccccc2Cl)c1C(=O)N1CCN(Cc2ccncc2)CC1. The third-order valence-electron chi connectivity index (χ3n) is 5.02. The molecule has 0 bridgehead atoms. The zero-order chi connectivity index (χ0) is 19.5. The molecular weight excluding hydrogens is 376 g/mol. The summed E-state index contributed by atoms with van der Waals surface area (Å²) in [7, 11) is 0. The van der Waals surface area contributed by atoms with Gasteiger partial charge in [0.2, 0.25) is 0 Å². The second-order valence-electron chi connectivity index (χ2n) is 6.87. The fourth-order valence-corrected chi connectivity index (χ4v) is 3.70. The molecule has 7 heteroatoms. The van der Waals surface area contributed by atoms with Gasteiger partial charge in [-0.1, -0.05) is 35.0 Å². The van der Waals surface area contributed by atoms with Gasteiger partial charge in [-0.2, -0.15) is 0 Å². The summed E-state index contributed by atoms with van der Waals surface area (Å²) in [4.78, 5) is 21.5. The third kappa shape index (κ3) is 3.79. The Morgan fingerprint density at radius 1 is 1.11 bits per heavy atom. The van der Waals surface area contributed by atoms with Crippen molar-refractivity contribution in [1.82, 2.24) is 19.9 Å². The maximum Gasteiger partial charge on any atom is 0.259 e. The molecule has 1 fully saturated rings. The van der Waals surface area contributed by atoms with Gasteiger partial charge in [0.25, 0.3) is 5.91 Å². The van der Waals surface area contributed by atoms with Gasteiger partial charge in [-0.15, -0.1) is 0 Å². The van der Waals surface area contributed by atoms with Crippen LogP contribution in [0.4, 0.5) is 0 Å². The van der Waals surface area contributed by atoms with Crippen LogP contribution < -0.4 is 0 Å². The first-order chi connectivity index (χ1) is 13.6. The van der Waals surface area contributed by atoms with Crippen LogP contribution in [0.5, 0.6) is 0 Å². The molecule has 1 aromatic carbocycles. The van der Waals surface area contributed by atoms with Gasteiger partial charge in [-0.05, 0) is 30.7 Å². The second-order valence-corrected chi connectivity index (χ2v) is 7.27. The summed E-state index contributed by atoms with van der Waals surface area (Å²) >= 11 is 6.31. The highest BCUT2D eigenvalue weighted by Crippen LogP contribution is 2.31. The standard InChI is InChI=1S/C21H21ClN4O2/c1-15-19(20(24-28-15)17-4-2-3-5-18(17)22)21(27)26-12-10-25(11-13-26)14-16-6-8-23-9-7-16/h2-9H,10-14H2,1H3. The van der Waals surface area contributed by atoms with Crippen molar-refractivity contribution in [2.24, 2.45) is 0 Å². The number of aromatic nitrogens is 2. The molecule has 0 aliphatic carbocycles. The lowest BCUT2D eigenvalue weighted by molar-refractivity contribution is 0.0627. The van der Waals surface area contributed by atoms with Crippen LogP contribution in [-0.2, 0) is 6.54 Å². The average Bonchev–Trinajstić information content (AvgIpc) is 3.10. The lowest BCUT2D eigenvalue weighted by Crippen LogP contribution is -2.48. The monoisotopic (exact) mass is 396 g/mol. The van der Waals surface area contributed by atoms with Crippen molar-refractivity contribution in [2.45, 2.75) is 13.5 Å². The molecule has 2 aromatic heterocycles. The lowest BCUT2D eigenvalue weighted by atomic mass is 10.0. The zero-order valence-electron chi connectivity index (χ0n) is 15.6. The number of carbonyl (C=O) groups excluding carboxylic acids is 1. The molecule has 144 valence electrons. The van der Waals surface area contributed by atoms with Gasteiger partial charge in [0.05, 0.1) is 5.02 Å². The molecule has 1 aliphatic heterocycles. The number of aryl methyl sites for hydroxylation is 1. The molecule has 1 aliphatic rings. The van der Waals surface area contributed by atoms with Crippen molar-refractivity contribution in [1.29, 1.82) is 0 Å². The molecule has 0 radical (unpaired) electrons. The molecule has 0 saturated carbocycles. The molecule has 0 atom stereocenters. The van der Waals surface area contributed by atoms with E-state index < -0.39 is 0 Å². The lowest BCUT2D eigenvalue weighted by Gasteiger charge is -2.34. The van der Waals surface area contributed by atoms with Crippen molar-refractivity contribution >= 4 is 17.5 Å². The maximum atomic E-state index is 13.2. The smallest absolute Gasteiger partial charge is 0.259 e. The Labute approximate surface area is 168 Å². The number of nitrogens with zero attached hydrogens (tertiary/aromatic N) is 4. The van der Waals surface area contributed by atoms with Gasteiger partial charge >= 0.3 is 0 Å². The first-order valence-electron chi connectivity index (χ1n) is 9.25. The molecule has 0 spiro atoms. The first-order valence-corrected chi connectivity index (χ1v) is 9.63. The Balaban J connectivity index is 1.48. The van der Waals surface area contributed by atoms with E-state index in [-0.39, 0.29) is 5.91 Å². The van der Waals surface area contributed by atoms with E-state index in [9.17, 15) is 4.79 Å². The molecule has 3 heterocycles. The van der Waals surface area contributed by atoms with Crippen molar-refractivity contribution in [2.75, 3.05) is 26.2 Å². The minimum atomic E-state index is -0.0581. The third-order valence-corrected chi connectivity index (χ3v) is 5.35. The Hall–Kier alpha value is -2.70. The maximum absolute atomic E-state index is 13.2. The number of piperazine rings is 1. The van der Waals surface area contributed by atoms with E-state index >= 15 is 0 Å². The number of benzene rings is 1. The van der Waals surface area contributed by atoms with E-state index in [1.807, 2.05) is 35.2 Å². The minimum absolute atomic E-state index is 0.0581. The number of rotatable bonds is 4. The van der Waals surface area contributed by atoms with E-state index in [1.165, 1.54) is 5.56 Å². The topological polar surface area (TPSA) is 62.5 Å². The van der Waals surface area contributed by atoms with Crippen LogP contribution in [0, 0.1) is 6.92 Å². The first kappa shape index (κ1) is 18.7. The highest BCUT2D eigenvalue weighted by Gasteiger charge is 2.29. The van der Waals surface area contributed by atoms with Crippen LogP contribution in [0.15, 0.2) is 53.3 Å². The summed E-state index contributed by atoms with van der Waals surface area (Å²) in [5, 5.41) is 4.66. The minimum Gasteiger partial charge on any atom is -0.360 e. The van der Waals surface area contributed by atoms with Gasteiger partial charge in [0.15, 0.2) is 0 Å². The molecule has 1 saturated heterocycles. The van der Waals surface area contributed by atoms with Crippen LogP contribution in [0.2, 0.25) is 5.02 Å². The van der Waals surface area contributed by atoms with Gasteiger partial charge in [-0.3, -0.25) is 14.7 Å². The largest absolute Gasteiger partial charge is 0.360 e. The fourth-order valence-electron chi connectivity index (χ4n) is 3.47. The molecule has 4 rings (SSSR count). The Morgan fingerprint density at radius 2 is 1.82 bits per heavy atom. The molecule has 1 amide bonds. The summed E-state index contributed by atoms with van der Waals surface area (Å²) < 4.78 is 5.34. The summed E-state index contributed by atoms with van der Waals surface area (Å²) in [6, 6.07) is 11.4. The summed E-state index contributed by atoms with van der Waals surface area (Å²) in [5.74, 6) is 0.455. The van der Waals surface area contributed by atoms with Crippen LogP contribution in [-0.4, -0.2) is 52.0 Å². The highest BCUT2D eigenvalue weighted by molar-refractivity contribution is 6.33. The Morgan fingerprint density at radius 3 is 2.54 bits per heavy atom. The predicted octanol–water partition coefficient (Wildman–Crippen LogP) is 3.66. The fraction of sp³-hybridized carbons (Fsp3) is 0.286. The van der Waals surface area contributed by atoms with E-state index in [0.717, 1.165) is 19.6 Å². The Bertz CT molecular complexity index is 966.